The maximum atomic E-state index is 5.34. The van der Waals surface area contributed by atoms with Crippen molar-refractivity contribution in [2.45, 2.75) is 26.3 Å². The minimum absolute atomic E-state index is 0.379. The molecule has 78 valence electrons. The van der Waals surface area contributed by atoms with E-state index in [0.29, 0.717) is 6.04 Å². The number of methoxy groups -OCH3 is 1. The molecule has 0 amide bonds. The highest BCUT2D eigenvalue weighted by Gasteiger charge is 2.11. The first kappa shape index (κ1) is 11.1. The Balaban J connectivity index is 3.08. The molecule has 0 aromatic heterocycles. The minimum Gasteiger partial charge on any atom is -0.496 e. The van der Waals surface area contributed by atoms with Gasteiger partial charge in [0.2, 0.25) is 0 Å². The second-order valence-corrected chi connectivity index (χ2v) is 3.49. The molecule has 2 heteroatoms. The van der Waals surface area contributed by atoms with E-state index in [-0.39, 0.29) is 0 Å². The summed E-state index contributed by atoms with van der Waals surface area (Å²) in [6.45, 7) is 4.27. The van der Waals surface area contributed by atoms with Crippen LogP contribution in [-0.2, 0) is 0 Å². The van der Waals surface area contributed by atoms with Crippen LogP contribution in [0, 0.1) is 6.92 Å². The molecule has 0 heterocycles. The van der Waals surface area contributed by atoms with Crippen molar-refractivity contribution in [2.24, 2.45) is 0 Å². The number of hydrogen-bond donors (Lipinski definition) is 1. The second-order valence-electron chi connectivity index (χ2n) is 3.49. The summed E-state index contributed by atoms with van der Waals surface area (Å²) in [7, 11) is 3.70. The molecule has 1 aromatic carbocycles. The maximum Gasteiger partial charge on any atom is 0.123 e. The van der Waals surface area contributed by atoms with E-state index in [1.165, 1.54) is 11.1 Å². The predicted octanol–water partition coefficient (Wildman–Crippen LogP) is 2.67. The number of aryl methyl sites for hydroxylation is 1. The molecular formula is C12H19NO. The van der Waals surface area contributed by atoms with Gasteiger partial charge in [-0.3, -0.25) is 0 Å². The summed E-state index contributed by atoms with van der Waals surface area (Å²) in [6.07, 6.45) is 1.07. The summed E-state index contributed by atoms with van der Waals surface area (Å²) in [5.74, 6) is 0.969. The van der Waals surface area contributed by atoms with Crippen molar-refractivity contribution >= 4 is 0 Å². The van der Waals surface area contributed by atoms with Gasteiger partial charge >= 0.3 is 0 Å². The van der Waals surface area contributed by atoms with E-state index >= 15 is 0 Å². The molecule has 0 spiro atoms. The molecule has 0 aliphatic rings. The first-order valence-electron chi connectivity index (χ1n) is 5.04. The summed E-state index contributed by atoms with van der Waals surface area (Å²) in [6, 6.07) is 6.67. The van der Waals surface area contributed by atoms with Gasteiger partial charge in [-0.15, -0.1) is 0 Å². The van der Waals surface area contributed by atoms with Crippen molar-refractivity contribution in [3.63, 3.8) is 0 Å². The molecule has 0 aliphatic heterocycles. The fraction of sp³-hybridized carbons (Fsp3) is 0.500. The second kappa shape index (κ2) is 5.01. The lowest BCUT2D eigenvalue weighted by atomic mass is 10.0. The van der Waals surface area contributed by atoms with Crippen LogP contribution < -0.4 is 10.1 Å². The van der Waals surface area contributed by atoms with Crippen LogP contribution in [0.3, 0.4) is 0 Å². The van der Waals surface area contributed by atoms with Crippen LogP contribution in [0.2, 0.25) is 0 Å². The van der Waals surface area contributed by atoms with E-state index < -0.39 is 0 Å². The van der Waals surface area contributed by atoms with Crippen molar-refractivity contribution in [1.29, 1.82) is 0 Å². The van der Waals surface area contributed by atoms with E-state index in [1.54, 1.807) is 7.11 Å². The zero-order valence-electron chi connectivity index (χ0n) is 9.42. The third-order valence-corrected chi connectivity index (χ3v) is 2.52. The molecule has 0 aliphatic carbocycles. The van der Waals surface area contributed by atoms with Crippen molar-refractivity contribution < 1.29 is 4.74 Å². The van der Waals surface area contributed by atoms with E-state index in [0.717, 1.165) is 12.2 Å². The van der Waals surface area contributed by atoms with Crippen LogP contribution >= 0.6 is 0 Å². The summed E-state index contributed by atoms with van der Waals surface area (Å²) in [4.78, 5) is 0. The van der Waals surface area contributed by atoms with Crippen molar-refractivity contribution in [1.82, 2.24) is 5.32 Å². The molecule has 14 heavy (non-hydrogen) atoms. The molecule has 0 fully saturated rings. The zero-order valence-corrected chi connectivity index (χ0v) is 9.42. The lowest BCUT2D eigenvalue weighted by Gasteiger charge is -2.18. The van der Waals surface area contributed by atoms with Gasteiger partial charge < -0.3 is 10.1 Å². The highest BCUT2D eigenvalue weighted by Crippen LogP contribution is 2.27. The molecule has 0 bridgehead atoms. The Morgan fingerprint density at radius 1 is 1.43 bits per heavy atom. The molecule has 1 N–H and O–H groups in total. The van der Waals surface area contributed by atoms with Crippen LogP contribution in [0.1, 0.15) is 30.5 Å². The van der Waals surface area contributed by atoms with Gasteiger partial charge in [0.1, 0.15) is 5.75 Å². The van der Waals surface area contributed by atoms with E-state index in [4.69, 9.17) is 4.74 Å². The molecular weight excluding hydrogens is 174 g/mol. The largest absolute Gasteiger partial charge is 0.496 e. The average Bonchev–Trinajstić information content (AvgIpc) is 2.20. The van der Waals surface area contributed by atoms with Crippen molar-refractivity contribution in [3.05, 3.63) is 29.3 Å². The Morgan fingerprint density at radius 3 is 2.64 bits per heavy atom. The SMILES string of the molecule is CCC(NC)c1cc(C)ccc1OC. The van der Waals surface area contributed by atoms with Crippen molar-refractivity contribution in [2.75, 3.05) is 14.2 Å². The average molecular weight is 193 g/mol. The topological polar surface area (TPSA) is 21.3 Å². The van der Waals surface area contributed by atoms with Gasteiger partial charge in [0.05, 0.1) is 7.11 Å². The molecule has 0 saturated heterocycles. The number of rotatable bonds is 4. The van der Waals surface area contributed by atoms with Crippen molar-refractivity contribution in [3.8, 4) is 5.75 Å². The highest BCUT2D eigenvalue weighted by atomic mass is 16.5. The number of benzene rings is 1. The van der Waals surface area contributed by atoms with E-state index in [9.17, 15) is 0 Å². The minimum atomic E-state index is 0.379. The smallest absolute Gasteiger partial charge is 0.123 e. The zero-order chi connectivity index (χ0) is 10.6. The molecule has 1 aromatic rings. The van der Waals surface area contributed by atoms with Gasteiger partial charge in [-0.25, -0.2) is 0 Å². The summed E-state index contributed by atoms with van der Waals surface area (Å²) >= 11 is 0. The lowest BCUT2D eigenvalue weighted by Crippen LogP contribution is -2.16. The van der Waals surface area contributed by atoms with Gasteiger partial charge in [0.25, 0.3) is 0 Å². The first-order chi connectivity index (χ1) is 6.72. The number of ether oxygens (including phenoxy) is 1. The van der Waals surface area contributed by atoms with Crippen LogP contribution in [0.4, 0.5) is 0 Å². The van der Waals surface area contributed by atoms with Gasteiger partial charge in [-0.1, -0.05) is 24.6 Å². The van der Waals surface area contributed by atoms with Crippen LogP contribution in [-0.4, -0.2) is 14.2 Å². The Bertz CT molecular complexity index is 292. The van der Waals surface area contributed by atoms with Crippen LogP contribution in [0.5, 0.6) is 5.75 Å². The van der Waals surface area contributed by atoms with E-state index in [2.05, 4.69) is 31.3 Å². The summed E-state index contributed by atoms with van der Waals surface area (Å²) in [5, 5.41) is 3.29. The highest BCUT2D eigenvalue weighted by molar-refractivity contribution is 5.39. The normalized spacial score (nSPS) is 12.6. The maximum absolute atomic E-state index is 5.34. The van der Waals surface area contributed by atoms with Crippen LogP contribution in [0.25, 0.3) is 0 Å². The molecule has 1 rings (SSSR count). The molecule has 2 nitrogen and oxygen atoms in total. The Kier molecular flexibility index (Phi) is 3.96. The standard InChI is InChI=1S/C12H19NO/c1-5-11(13-3)10-8-9(2)6-7-12(10)14-4/h6-8,11,13H,5H2,1-4H3. The fourth-order valence-corrected chi connectivity index (χ4v) is 1.71. The number of hydrogen-bond acceptors (Lipinski definition) is 2. The predicted molar refractivity (Wildman–Crippen MR) is 59.8 cm³/mol. The van der Waals surface area contributed by atoms with E-state index in [1.807, 2.05) is 13.1 Å². The Hall–Kier alpha value is -1.02. The van der Waals surface area contributed by atoms with Gasteiger partial charge in [0.15, 0.2) is 0 Å². The third kappa shape index (κ3) is 2.26. The molecule has 1 atom stereocenters. The fourth-order valence-electron chi connectivity index (χ4n) is 1.71. The van der Waals surface area contributed by atoms with Gasteiger partial charge in [0, 0.05) is 11.6 Å². The van der Waals surface area contributed by atoms with Gasteiger partial charge in [-0.05, 0) is 26.5 Å². The first-order valence-corrected chi connectivity index (χ1v) is 5.04. The lowest BCUT2D eigenvalue weighted by molar-refractivity contribution is 0.400. The Labute approximate surface area is 86.3 Å². The summed E-state index contributed by atoms with van der Waals surface area (Å²) in [5.41, 5.74) is 2.52. The molecule has 0 saturated carbocycles. The van der Waals surface area contributed by atoms with Gasteiger partial charge in [-0.2, -0.15) is 0 Å². The summed E-state index contributed by atoms with van der Waals surface area (Å²) < 4.78 is 5.34. The quantitative estimate of drug-likeness (QED) is 0.793. The molecule has 0 radical (unpaired) electrons. The van der Waals surface area contributed by atoms with Crippen LogP contribution in [0.15, 0.2) is 18.2 Å². The Morgan fingerprint density at radius 2 is 2.14 bits per heavy atom. The third-order valence-electron chi connectivity index (χ3n) is 2.52. The number of nitrogens with one attached hydrogen (secondary N) is 1. The monoisotopic (exact) mass is 193 g/mol. The molecule has 1 unspecified atom stereocenters.